The van der Waals surface area contributed by atoms with Crippen LogP contribution in [0.25, 0.3) is 0 Å². The third kappa shape index (κ3) is 1.87. The Hall–Kier alpha value is -1.22. The zero-order valence-corrected chi connectivity index (χ0v) is 9.87. The molecule has 0 fully saturated rings. The maximum Gasteiger partial charge on any atom is 0.305 e. The Labute approximate surface area is 99.6 Å². The van der Waals surface area contributed by atoms with Crippen molar-refractivity contribution in [2.45, 2.75) is 25.8 Å². The van der Waals surface area contributed by atoms with Crippen molar-refractivity contribution in [2.24, 2.45) is 0 Å². The number of hydrogen-bond donors (Lipinski definition) is 1. The van der Waals surface area contributed by atoms with Crippen LogP contribution in [0.3, 0.4) is 0 Å². The molecule has 1 unspecified atom stereocenters. The fourth-order valence-corrected chi connectivity index (χ4v) is 2.62. The predicted molar refractivity (Wildman–Crippen MR) is 64.2 cm³/mol. The van der Waals surface area contributed by atoms with Crippen LogP contribution in [0.1, 0.15) is 18.9 Å². The Bertz CT molecular complexity index is 419. The molecule has 1 aliphatic rings. The minimum atomic E-state index is -0.757. The molecule has 4 heteroatoms. The Morgan fingerprint density at radius 3 is 3.00 bits per heavy atom. The predicted octanol–water partition coefficient (Wildman–Crippen LogP) is 2.57. The Balaban J connectivity index is 2.32. The molecule has 0 aliphatic carbocycles. The summed E-state index contributed by atoms with van der Waals surface area (Å²) < 4.78 is 0. The molecular weight excluding hydrogens is 226 g/mol. The van der Waals surface area contributed by atoms with Gasteiger partial charge in [0, 0.05) is 23.3 Å². The number of anilines is 1. The van der Waals surface area contributed by atoms with Crippen molar-refractivity contribution in [3.63, 3.8) is 0 Å². The van der Waals surface area contributed by atoms with Crippen molar-refractivity contribution in [1.82, 2.24) is 0 Å². The lowest BCUT2D eigenvalue weighted by Crippen LogP contribution is -2.33. The highest BCUT2D eigenvalue weighted by molar-refractivity contribution is 6.31. The standard InChI is InChI=1S/C12H14ClNO2/c1-2-14-8(7-12(15)16)6-9-10(13)4-3-5-11(9)14/h3-5,8H,2,6-7H2,1H3,(H,15,16). The van der Waals surface area contributed by atoms with E-state index in [0.29, 0.717) is 0 Å². The van der Waals surface area contributed by atoms with Gasteiger partial charge in [-0.15, -0.1) is 0 Å². The SMILES string of the molecule is CCN1c2cccc(Cl)c2CC1CC(=O)O. The summed E-state index contributed by atoms with van der Waals surface area (Å²) in [5.74, 6) is -0.757. The number of carbonyl (C=O) groups is 1. The van der Waals surface area contributed by atoms with Crippen molar-refractivity contribution in [2.75, 3.05) is 11.4 Å². The van der Waals surface area contributed by atoms with Crippen molar-refractivity contribution in [3.8, 4) is 0 Å². The summed E-state index contributed by atoms with van der Waals surface area (Å²) in [4.78, 5) is 12.9. The highest BCUT2D eigenvalue weighted by atomic mass is 35.5. The second-order valence-electron chi connectivity index (χ2n) is 3.98. The molecule has 0 bridgehead atoms. The minimum absolute atomic E-state index is 0.0393. The number of benzene rings is 1. The summed E-state index contributed by atoms with van der Waals surface area (Å²) >= 11 is 6.12. The van der Waals surface area contributed by atoms with E-state index < -0.39 is 5.97 Å². The molecule has 2 rings (SSSR count). The average Bonchev–Trinajstić information content (AvgIpc) is 2.56. The van der Waals surface area contributed by atoms with Crippen LogP contribution in [-0.2, 0) is 11.2 Å². The molecule has 1 N–H and O–H groups in total. The van der Waals surface area contributed by atoms with Crippen LogP contribution < -0.4 is 4.90 Å². The van der Waals surface area contributed by atoms with Gasteiger partial charge in [-0.2, -0.15) is 0 Å². The van der Waals surface area contributed by atoms with E-state index in [2.05, 4.69) is 4.90 Å². The first kappa shape index (κ1) is 11.3. The number of fused-ring (bicyclic) bond motifs is 1. The van der Waals surface area contributed by atoms with Crippen LogP contribution in [0, 0.1) is 0 Å². The maximum atomic E-state index is 10.8. The normalized spacial score (nSPS) is 18.6. The second-order valence-corrected chi connectivity index (χ2v) is 4.39. The van der Waals surface area contributed by atoms with Gasteiger partial charge in [-0.1, -0.05) is 17.7 Å². The zero-order chi connectivity index (χ0) is 11.7. The molecule has 0 saturated carbocycles. The van der Waals surface area contributed by atoms with Crippen molar-refractivity contribution in [3.05, 3.63) is 28.8 Å². The van der Waals surface area contributed by atoms with E-state index in [1.807, 2.05) is 25.1 Å². The summed E-state index contributed by atoms with van der Waals surface area (Å²) in [7, 11) is 0. The molecule has 3 nitrogen and oxygen atoms in total. The Morgan fingerprint density at radius 2 is 2.38 bits per heavy atom. The first-order chi connectivity index (χ1) is 7.63. The third-order valence-corrected chi connectivity index (χ3v) is 3.39. The van der Waals surface area contributed by atoms with Gasteiger partial charge in [0.05, 0.1) is 6.42 Å². The van der Waals surface area contributed by atoms with Gasteiger partial charge in [-0.3, -0.25) is 4.79 Å². The number of likely N-dealkylation sites (N-methyl/N-ethyl adjacent to an activating group) is 1. The van der Waals surface area contributed by atoms with Crippen LogP contribution in [0.15, 0.2) is 18.2 Å². The Kier molecular flexibility index (Phi) is 3.06. The summed E-state index contributed by atoms with van der Waals surface area (Å²) in [5.41, 5.74) is 2.17. The molecule has 1 aromatic carbocycles. The lowest BCUT2D eigenvalue weighted by Gasteiger charge is -2.24. The largest absolute Gasteiger partial charge is 0.481 e. The van der Waals surface area contributed by atoms with Crippen molar-refractivity contribution < 1.29 is 9.90 Å². The van der Waals surface area contributed by atoms with Crippen LogP contribution in [-0.4, -0.2) is 23.7 Å². The van der Waals surface area contributed by atoms with Gasteiger partial charge in [0.25, 0.3) is 0 Å². The molecule has 1 aromatic rings. The van der Waals surface area contributed by atoms with E-state index >= 15 is 0 Å². The van der Waals surface area contributed by atoms with E-state index in [1.54, 1.807) is 0 Å². The molecule has 0 amide bonds. The summed E-state index contributed by atoms with van der Waals surface area (Å²) in [5, 5.41) is 9.62. The summed E-state index contributed by atoms with van der Waals surface area (Å²) in [6.07, 6.45) is 0.897. The van der Waals surface area contributed by atoms with E-state index in [9.17, 15) is 4.79 Å². The molecule has 1 heterocycles. The van der Waals surface area contributed by atoms with Gasteiger partial charge in [0.15, 0.2) is 0 Å². The number of aliphatic carboxylic acids is 1. The van der Waals surface area contributed by atoms with E-state index in [4.69, 9.17) is 16.7 Å². The van der Waals surface area contributed by atoms with E-state index in [0.717, 1.165) is 29.2 Å². The maximum absolute atomic E-state index is 10.8. The van der Waals surface area contributed by atoms with Crippen molar-refractivity contribution >= 4 is 23.3 Å². The highest BCUT2D eigenvalue weighted by Crippen LogP contribution is 2.37. The number of carboxylic acids is 1. The molecule has 0 spiro atoms. The number of carboxylic acid groups (broad SMARTS) is 1. The molecule has 1 atom stereocenters. The first-order valence-electron chi connectivity index (χ1n) is 5.39. The quantitative estimate of drug-likeness (QED) is 0.881. The fourth-order valence-electron chi connectivity index (χ4n) is 2.37. The van der Waals surface area contributed by atoms with Gasteiger partial charge in [-0.05, 0) is 31.0 Å². The fraction of sp³-hybridized carbons (Fsp3) is 0.417. The second kappa shape index (κ2) is 4.34. The third-order valence-electron chi connectivity index (χ3n) is 3.04. The lowest BCUT2D eigenvalue weighted by atomic mass is 10.1. The van der Waals surface area contributed by atoms with Crippen LogP contribution in [0.2, 0.25) is 5.02 Å². The van der Waals surface area contributed by atoms with Crippen LogP contribution >= 0.6 is 11.6 Å². The van der Waals surface area contributed by atoms with Gasteiger partial charge in [0.2, 0.25) is 0 Å². The lowest BCUT2D eigenvalue weighted by molar-refractivity contribution is -0.137. The minimum Gasteiger partial charge on any atom is -0.481 e. The van der Waals surface area contributed by atoms with Gasteiger partial charge >= 0.3 is 5.97 Å². The zero-order valence-electron chi connectivity index (χ0n) is 9.11. The molecule has 16 heavy (non-hydrogen) atoms. The number of nitrogens with zero attached hydrogens (tertiary/aromatic N) is 1. The topological polar surface area (TPSA) is 40.5 Å². The average molecular weight is 240 g/mol. The number of halogens is 1. The number of rotatable bonds is 3. The monoisotopic (exact) mass is 239 g/mol. The molecule has 0 saturated heterocycles. The number of hydrogen-bond acceptors (Lipinski definition) is 2. The molecular formula is C12H14ClNO2. The summed E-state index contributed by atoms with van der Waals surface area (Å²) in [6, 6.07) is 5.81. The van der Waals surface area contributed by atoms with Gasteiger partial charge < -0.3 is 10.0 Å². The molecule has 1 aliphatic heterocycles. The van der Waals surface area contributed by atoms with E-state index in [1.165, 1.54) is 0 Å². The van der Waals surface area contributed by atoms with Crippen LogP contribution in [0.5, 0.6) is 0 Å². The van der Waals surface area contributed by atoms with Gasteiger partial charge in [-0.25, -0.2) is 0 Å². The van der Waals surface area contributed by atoms with Crippen molar-refractivity contribution in [1.29, 1.82) is 0 Å². The smallest absolute Gasteiger partial charge is 0.305 e. The summed E-state index contributed by atoms with van der Waals surface area (Å²) in [6.45, 7) is 2.84. The molecule has 0 aromatic heterocycles. The van der Waals surface area contributed by atoms with Gasteiger partial charge in [0.1, 0.15) is 0 Å². The van der Waals surface area contributed by atoms with Crippen LogP contribution in [0.4, 0.5) is 5.69 Å². The van der Waals surface area contributed by atoms with E-state index in [-0.39, 0.29) is 12.5 Å². The first-order valence-corrected chi connectivity index (χ1v) is 5.77. The molecule has 0 radical (unpaired) electrons. The molecule has 86 valence electrons. The Morgan fingerprint density at radius 1 is 1.62 bits per heavy atom. The highest BCUT2D eigenvalue weighted by Gasteiger charge is 2.30.